The van der Waals surface area contributed by atoms with Crippen molar-refractivity contribution in [2.45, 2.75) is 6.42 Å². The Morgan fingerprint density at radius 1 is 1.81 bits per heavy atom. The van der Waals surface area contributed by atoms with Crippen LogP contribution in [0.25, 0.3) is 10.4 Å². The predicted octanol–water partition coefficient (Wildman–Crippen LogP) is 1.25. The van der Waals surface area contributed by atoms with E-state index in [1.54, 1.807) is 0 Å². The summed E-state index contributed by atoms with van der Waals surface area (Å²) in [7, 11) is 1.28. The van der Waals surface area contributed by atoms with Crippen LogP contribution in [0, 0.1) is 11.8 Å². The first kappa shape index (κ1) is 11.6. The number of H-pyrrole nitrogens is 1. The molecule has 0 unspecified atom stereocenters. The minimum absolute atomic E-state index is 0.221. The maximum absolute atomic E-state index is 11.2. The van der Waals surface area contributed by atoms with Gasteiger partial charge in [-0.05, 0) is 5.53 Å². The van der Waals surface area contributed by atoms with Crippen LogP contribution in [0.1, 0.15) is 22.5 Å². The minimum atomic E-state index is -0.517. The number of azide groups is 1. The monoisotopic (exact) mass is 219 g/mol. The van der Waals surface area contributed by atoms with Gasteiger partial charge in [-0.3, -0.25) is 5.10 Å². The zero-order chi connectivity index (χ0) is 11.8. The molecule has 1 heterocycles. The van der Waals surface area contributed by atoms with E-state index in [9.17, 15) is 4.79 Å². The van der Waals surface area contributed by atoms with Crippen LogP contribution in [0.4, 0.5) is 0 Å². The molecule has 0 amide bonds. The van der Waals surface area contributed by atoms with Crippen molar-refractivity contribution >= 4 is 5.97 Å². The highest BCUT2D eigenvalue weighted by molar-refractivity contribution is 5.89. The Morgan fingerprint density at radius 3 is 3.31 bits per heavy atom. The number of aromatic amines is 1. The molecule has 1 aromatic rings. The second kappa shape index (κ2) is 6.11. The molecule has 0 aromatic carbocycles. The van der Waals surface area contributed by atoms with Crippen LogP contribution in [0.5, 0.6) is 0 Å². The molecule has 0 fully saturated rings. The van der Waals surface area contributed by atoms with Crippen LogP contribution in [-0.2, 0) is 4.74 Å². The fourth-order valence-electron chi connectivity index (χ4n) is 0.947. The number of carbonyl (C=O) groups excluding carboxylic acids is 1. The molecule has 1 aromatic heterocycles. The first-order chi connectivity index (χ1) is 7.79. The lowest BCUT2D eigenvalue weighted by Gasteiger charge is -1.93. The zero-order valence-corrected chi connectivity index (χ0v) is 8.60. The SMILES string of the molecule is COC(=O)c1[nH]ncc1C#CCCN=[N+]=[N-]. The van der Waals surface area contributed by atoms with Crippen molar-refractivity contribution in [1.82, 2.24) is 10.2 Å². The van der Waals surface area contributed by atoms with E-state index in [0.29, 0.717) is 18.5 Å². The summed E-state index contributed by atoms with van der Waals surface area (Å²) in [5.41, 5.74) is 8.72. The van der Waals surface area contributed by atoms with Gasteiger partial charge in [0.25, 0.3) is 0 Å². The number of methoxy groups -OCH3 is 1. The van der Waals surface area contributed by atoms with E-state index in [-0.39, 0.29) is 5.69 Å². The predicted molar refractivity (Wildman–Crippen MR) is 55.4 cm³/mol. The summed E-state index contributed by atoms with van der Waals surface area (Å²) in [6.45, 7) is 0.301. The Balaban J connectivity index is 2.69. The van der Waals surface area contributed by atoms with Gasteiger partial charge in [0.1, 0.15) is 0 Å². The van der Waals surface area contributed by atoms with Gasteiger partial charge in [0.15, 0.2) is 5.69 Å². The number of ether oxygens (including phenoxy) is 1. The number of rotatable bonds is 3. The fourth-order valence-corrected chi connectivity index (χ4v) is 0.947. The number of aromatic nitrogens is 2. The van der Waals surface area contributed by atoms with Crippen LogP contribution in [0.3, 0.4) is 0 Å². The molecule has 7 nitrogen and oxygen atoms in total. The van der Waals surface area contributed by atoms with Crippen molar-refractivity contribution in [2.75, 3.05) is 13.7 Å². The normalized spacial score (nSPS) is 8.56. The van der Waals surface area contributed by atoms with Gasteiger partial charge >= 0.3 is 5.97 Å². The van der Waals surface area contributed by atoms with Gasteiger partial charge in [0, 0.05) is 17.9 Å². The number of carbonyl (C=O) groups is 1. The van der Waals surface area contributed by atoms with Gasteiger partial charge < -0.3 is 4.74 Å². The molecule has 1 N–H and O–H groups in total. The molecule has 0 aliphatic carbocycles. The molecule has 0 spiro atoms. The van der Waals surface area contributed by atoms with Gasteiger partial charge in [-0.1, -0.05) is 17.0 Å². The number of hydrogen-bond acceptors (Lipinski definition) is 4. The smallest absolute Gasteiger partial charge is 0.357 e. The van der Waals surface area contributed by atoms with Crippen molar-refractivity contribution in [3.8, 4) is 11.8 Å². The molecule has 7 heteroatoms. The van der Waals surface area contributed by atoms with Gasteiger partial charge in [-0.2, -0.15) is 5.10 Å². The number of nitrogens with one attached hydrogen (secondary N) is 1. The van der Waals surface area contributed by atoms with E-state index < -0.39 is 5.97 Å². The lowest BCUT2D eigenvalue weighted by Crippen LogP contribution is -2.03. The van der Waals surface area contributed by atoms with Gasteiger partial charge in [-0.15, -0.1) is 0 Å². The highest BCUT2D eigenvalue weighted by atomic mass is 16.5. The fraction of sp³-hybridized carbons (Fsp3) is 0.333. The third kappa shape index (κ3) is 3.04. The molecule has 16 heavy (non-hydrogen) atoms. The Kier molecular flexibility index (Phi) is 4.44. The molecular formula is C9H9N5O2. The van der Waals surface area contributed by atoms with Gasteiger partial charge in [0.2, 0.25) is 0 Å². The molecule has 1 rings (SSSR count). The number of hydrogen-bond donors (Lipinski definition) is 1. The summed E-state index contributed by atoms with van der Waals surface area (Å²) in [6.07, 6.45) is 1.86. The van der Waals surface area contributed by atoms with E-state index in [2.05, 4.69) is 36.8 Å². The molecule has 0 radical (unpaired) electrons. The summed E-state index contributed by atoms with van der Waals surface area (Å²) in [4.78, 5) is 13.8. The van der Waals surface area contributed by atoms with Crippen molar-refractivity contribution in [3.63, 3.8) is 0 Å². The first-order valence-electron chi connectivity index (χ1n) is 4.41. The highest BCUT2D eigenvalue weighted by Gasteiger charge is 2.11. The van der Waals surface area contributed by atoms with Crippen molar-refractivity contribution in [3.05, 3.63) is 27.9 Å². The first-order valence-corrected chi connectivity index (χ1v) is 4.41. The average Bonchev–Trinajstić information content (AvgIpc) is 2.76. The minimum Gasteiger partial charge on any atom is -0.464 e. The largest absolute Gasteiger partial charge is 0.464 e. The molecule has 82 valence electrons. The number of esters is 1. The van der Waals surface area contributed by atoms with Gasteiger partial charge in [-0.25, -0.2) is 4.79 Å². The third-order valence-corrected chi connectivity index (χ3v) is 1.65. The van der Waals surface area contributed by atoms with E-state index in [1.165, 1.54) is 13.3 Å². The molecule has 0 aliphatic heterocycles. The quantitative estimate of drug-likeness (QED) is 0.206. The summed E-state index contributed by atoms with van der Waals surface area (Å²) < 4.78 is 4.54. The maximum atomic E-state index is 11.2. The third-order valence-electron chi connectivity index (χ3n) is 1.65. The van der Waals surface area contributed by atoms with Crippen LogP contribution in [0.15, 0.2) is 11.3 Å². The van der Waals surface area contributed by atoms with Gasteiger partial charge in [0.05, 0.1) is 18.9 Å². The van der Waals surface area contributed by atoms with Crippen molar-refractivity contribution < 1.29 is 9.53 Å². The summed E-state index contributed by atoms with van der Waals surface area (Å²) in [5, 5.41) is 9.52. The summed E-state index contributed by atoms with van der Waals surface area (Å²) in [6, 6.07) is 0. The summed E-state index contributed by atoms with van der Waals surface area (Å²) in [5.74, 6) is 4.98. The van der Waals surface area contributed by atoms with Crippen LogP contribution in [-0.4, -0.2) is 29.8 Å². The Morgan fingerprint density at radius 2 is 2.62 bits per heavy atom. The van der Waals surface area contributed by atoms with E-state index in [0.717, 1.165) is 0 Å². The topological polar surface area (TPSA) is 104 Å². The molecule has 0 atom stereocenters. The van der Waals surface area contributed by atoms with Crippen molar-refractivity contribution in [2.24, 2.45) is 5.11 Å². The molecule has 0 bridgehead atoms. The average molecular weight is 219 g/mol. The molecule has 0 saturated carbocycles. The highest BCUT2D eigenvalue weighted by Crippen LogP contribution is 2.03. The van der Waals surface area contributed by atoms with Crippen LogP contribution in [0.2, 0.25) is 0 Å². The maximum Gasteiger partial charge on any atom is 0.357 e. The lowest BCUT2D eigenvalue weighted by atomic mass is 10.2. The van der Waals surface area contributed by atoms with Crippen LogP contribution < -0.4 is 0 Å². The van der Waals surface area contributed by atoms with E-state index in [1.807, 2.05) is 0 Å². The molecule has 0 aliphatic rings. The lowest BCUT2D eigenvalue weighted by molar-refractivity contribution is 0.0593. The standard InChI is InChI=1S/C9H9N5O2/c1-16-9(15)8-7(6-12-13-8)4-2-3-5-11-14-10/h6H,3,5H2,1H3,(H,12,13). The Hall–Kier alpha value is -2.45. The zero-order valence-electron chi connectivity index (χ0n) is 8.60. The Labute approximate surface area is 91.4 Å². The van der Waals surface area contributed by atoms with E-state index in [4.69, 9.17) is 5.53 Å². The second-order valence-electron chi connectivity index (χ2n) is 2.66. The van der Waals surface area contributed by atoms with E-state index >= 15 is 0 Å². The summed E-state index contributed by atoms with van der Waals surface area (Å²) >= 11 is 0. The Bertz CT molecular complexity index is 476. The van der Waals surface area contributed by atoms with Crippen LogP contribution >= 0.6 is 0 Å². The van der Waals surface area contributed by atoms with Crippen molar-refractivity contribution in [1.29, 1.82) is 0 Å². The number of nitrogens with zero attached hydrogens (tertiary/aromatic N) is 4. The molecular weight excluding hydrogens is 210 g/mol. The molecule has 0 saturated heterocycles. The second-order valence-corrected chi connectivity index (χ2v) is 2.66.